The lowest BCUT2D eigenvalue weighted by atomic mass is 9.80. The summed E-state index contributed by atoms with van der Waals surface area (Å²) >= 11 is 0. The Bertz CT molecular complexity index is 2990. The van der Waals surface area contributed by atoms with Crippen LogP contribution in [0.3, 0.4) is 0 Å². The number of benzene rings is 5. The number of hydrogen-bond acceptors (Lipinski definition) is 3. The minimum atomic E-state index is -0.0261. The van der Waals surface area contributed by atoms with Gasteiger partial charge in [0.25, 0.3) is 6.33 Å². The van der Waals surface area contributed by atoms with Crippen LogP contribution >= 0.6 is 0 Å². The van der Waals surface area contributed by atoms with Crippen LogP contribution in [0.25, 0.3) is 61.3 Å². The monoisotopic (exact) mass is 774 g/mol. The van der Waals surface area contributed by atoms with Gasteiger partial charge in [0.2, 0.25) is 5.82 Å². The number of rotatable bonds is 6. The molecule has 0 spiro atoms. The second-order valence-corrected chi connectivity index (χ2v) is 18.8. The van der Waals surface area contributed by atoms with Gasteiger partial charge in [0.1, 0.15) is 23.0 Å². The molecule has 0 aliphatic rings. The molecule has 0 radical (unpaired) electrons. The van der Waals surface area contributed by atoms with E-state index in [-0.39, 0.29) is 16.2 Å². The Labute approximate surface area is 347 Å². The second kappa shape index (κ2) is 14.1. The summed E-state index contributed by atoms with van der Waals surface area (Å²) in [7, 11) is 0. The Morgan fingerprint density at radius 1 is 0.475 bits per heavy atom. The maximum Gasteiger partial charge on any atom is 0.256 e. The molecular formula is C53H52N5O+. The molecule has 6 heteroatoms. The predicted octanol–water partition coefficient (Wildman–Crippen LogP) is 13.1. The molecule has 0 unspecified atom stereocenters. The van der Waals surface area contributed by atoms with Crippen molar-refractivity contribution in [3.05, 3.63) is 169 Å². The molecule has 0 amide bonds. The highest BCUT2D eigenvalue weighted by Crippen LogP contribution is 2.37. The highest BCUT2D eigenvalue weighted by Gasteiger charge is 2.26. The van der Waals surface area contributed by atoms with Crippen LogP contribution in [0.1, 0.15) is 79.0 Å². The molecular weight excluding hydrogens is 723 g/mol. The van der Waals surface area contributed by atoms with E-state index in [2.05, 4.69) is 204 Å². The van der Waals surface area contributed by atoms with Crippen LogP contribution in [-0.2, 0) is 16.2 Å². The molecule has 0 aliphatic carbocycles. The molecule has 4 heterocycles. The van der Waals surface area contributed by atoms with Gasteiger partial charge < -0.3 is 4.74 Å². The van der Waals surface area contributed by atoms with E-state index >= 15 is 0 Å². The van der Waals surface area contributed by atoms with E-state index in [0.717, 1.165) is 56.1 Å². The van der Waals surface area contributed by atoms with E-state index < -0.39 is 0 Å². The number of aromatic nitrogens is 5. The van der Waals surface area contributed by atoms with Gasteiger partial charge in [-0.15, -0.1) is 0 Å². The summed E-state index contributed by atoms with van der Waals surface area (Å²) in [5.74, 6) is 3.08. The third-order valence-corrected chi connectivity index (χ3v) is 11.4. The Morgan fingerprint density at radius 3 is 1.85 bits per heavy atom. The SMILES string of the molecule is CC(C)(C)c1cc(-[n+]2cn(-c3cc(Oc4ccc5c6ccccc6n(-c6cc(C(C)(C)C)ccn6)c5c4)ccn3)c3ccc(-c4ccccc4)cc32)cc(C(C)(C)C)c1. The zero-order valence-electron chi connectivity index (χ0n) is 35.6. The fourth-order valence-electron chi connectivity index (χ4n) is 7.97. The van der Waals surface area contributed by atoms with Crippen molar-refractivity contribution < 1.29 is 9.30 Å². The minimum absolute atomic E-state index is 0.00982. The van der Waals surface area contributed by atoms with E-state index in [1.165, 1.54) is 27.6 Å². The molecule has 4 aromatic heterocycles. The number of fused-ring (bicyclic) bond motifs is 4. The van der Waals surface area contributed by atoms with Gasteiger partial charge in [0.15, 0.2) is 11.0 Å². The third-order valence-electron chi connectivity index (χ3n) is 11.4. The highest BCUT2D eigenvalue weighted by atomic mass is 16.5. The quantitative estimate of drug-likeness (QED) is 0.158. The van der Waals surface area contributed by atoms with Crippen LogP contribution in [0.5, 0.6) is 11.5 Å². The van der Waals surface area contributed by atoms with Gasteiger partial charge in [-0.2, -0.15) is 9.13 Å². The second-order valence-electron chi connectivity index (χ2n) is 18.8. The molecule has 294 valence electrons. The normalized spacial score (nSPS) is 12.5. The zero-order chi connectivity index (χ0) is 41.3. The zero-order valence-corrected chi connectivity index (χ0v) is 35.6. The van der Waals surface area contributed by atoms with Crippen LogP contribution in [0, 0.1) is 0 Å². The van der Waals surface area contributed by atoms with Crippen molar-refractivity contribution in [2.75, 3.05) is 0 Å². The Hall–Kier alpha value is -6.53. The van der Waals surface area contributed by atoms with E-state index in [9.17, 15) is 0 Å². The predicted molar refractivity (Wildman–Crippen MR) is 243 cm³/mol. The molecule has 6 nitrogen and oxygen atoms in total. The number of nitrogens with zero attached hydrogens (tertiary/aromatic N) is 5. The molecule has 9 rings (SSSR count). The Kier molecular flexibility index (Phi) is 9.08. The van der Waals surface area contributed by atoms with E-state index in [0.29, 0.717) is 5.75 Å². The van der Waals surface area contributed by atoms with Crippen molar-refractivity contribution in [1.82, 2.24) is 19.1 Å². The summed E-state index contributed by atoms with van der Waals surface area (Å²) in [5, 5.41) is 2.32. The summed E-state index contributed by atoms with van der Waals surface area (Å²) in [6.07, 6.45) is 5.91. The molecule has 0 N–H and O–H groups in total. The van der Waals surface area contributed by atoms with Crippen molar-refractivity contribution in [2.24, 2.45) is 0 Å². The Morgan fingerprint density at radius 2 is 1.12 bits per heavy atom. The average molecular weight is 775 g/mol. The number of hydrogen-bond donors (Lipinski definition) is 0. The number of ether oxygens (including phenoxy) is 1. The van der Waals surface area contributed by atoms with Crippen LogP contribution in [-0.4, -0.2) is 19.1 Å². The standard InChI is InChI=1S/C53H52N5O/c1-51(2,3)37-23-25-55-50(31-37)58-45-18-14-13-17-43(45)44-21-20-41(32-47(44)58)59-42-24-26-54-49(33-42)57-34-56(40-29-38(52(4,5)6)28-39(30-40)53(7,8)9)48-27-36(19-22-46(48)57)35-15-11-10-12-16-35/h10-34H,1-9H3/q+1. The lowest BCUT2D eigenvalue weighted by Gasteiger charge is -2.25. The maximum atomic E-state index is 6.71. The first-order valence-corrected chi connectivity index (χ1v) is 20.5. The lowest BCUT2D eigenvalue weighted by molar-refractivity contribution is -0.567. The first-order valence-electron chi connectivity index (χ1n) is 20.5. The maximum absolute atomic E-state index is 6.71. The lowest BCUT2D eigenvalue weighted by Crippen LogP contribution is -2.31. The van der Waals surface area contributed by atoms with Crippen molar-refractivity contribution >= 4 is 32.8 Å². The van der Waals surface area contributed by atoms with Crippen LogP contribution in [0.4, 0.5) is 0 Å². The summed E-state index contributed by atoms with van der Waals surface area (Å²) in [6, 6.07) is 47.4. The van der Waals surface area contributed by atoms with Crippen molar-refractivity contribution in [2.45, 2.75) is 78.6 Å². The first-order chi connectivity index (χ1) is 28.1. The van der Waals surface area contributed by atoms with Gasteiger partial charge in [-0.1, -0.05) is 117 Å². The summed E-state index contributed by atoms with van der Waals surface area (Å²) in [5.41, 5.74) is 11.5. The van der Waals surface area contributed by atoms with Crippen LogP contribution < -0.4 is 9.30 Å². The third kappa shape index (κ3) is 7.18. The highest BCUT2D eigenvalue weighted by molar-refractivity contribution is 6.09. The molecule has 0 fully saturated rings. The molecule has 5 aromatic carbocycles. The topological polar surface area (TPSA) is 48.8 Å². The fourth-order valence-corrected chi connectivity index (χ4v) is 7.97. The Balaban J connectivity index is 1.16. The smallest absolute Gasteiger partial charge is 0.256 e. The summed E-state index contributed by atoms with van der Waals surface area (Å²) in [4.78, 5) is 9.79. The van der Waals surface area contributed by atoms with Gasteiger partial charge in [-0.3, -0.25) is 4.57 Å². The molecule has 59 heavy (non-hydrogen) atoms. The van der Waals surface area contributed by atoms with E-state index in [4.69, 9.17) is 14.7 Å². The summed E-state index contributed by atoms with van der Waals surface area (Å²) in [6.45, 7) is 20.4. The first kappa shape index (κ1) is 38.0. The average Bonchev–Trinajstić information content (AvgIpc) is 3.76. The molecule has 0 saturated carbocycles. The minimum Gasteiger partial charge on any atom is -0.457 e. The largest absolute Gasteiger partial charge is 0.457 e. The van der Waals surface area contributed by atoms with Crippen molar-refractivity contribution in [3.8, 4) is 39.9 Å². The number of imidazole rings is 1. The molecule has 0 aliphatic heterocycles. The van der Waals surface area contributed by atoms with Gasteiger partial charge in [0, 0.05) is 35.3 Å². The van der Waals surface area contributed by atoms with Crippen molar-refractivity contribution in [3.63, 3.8) is 0 Å². The van der Waals surface area contributed by atoms with Gasteiger partial charge in [0.05, 0.1) is 11.0 Å². The van der Waals surface area contributed by atoms with Crippen LogP contribution in [0.2, 0.25) is 0 Å². The van der Waals surface area contributed by atoms with Crippen LogP contribution in [0.15, 0.2) is 152 Å². The molecule has 0 atom stereocenters. The van der Waals surface area contributed by atoms with Crippen molar-refractivity contribution in [1.29, 1.82) is 0 Å². The summed E-state index contributed by atoms with van der Waals surface area (Å²) < 4.78 is 13.4. The van der Waals surface area contributed by atoms with Gasteiger partial charge in [-0.05, 0) is 111 Å². The van der Waals surface area contributed by atoms with Gasteiger partial charge in [-0.25, -0.2) is 9.97 Å². The van der Waals surface area contributed by atoms with Gasteiger partial charge >= 0.3 is 0 Å². The van der Waals surface area contributed by atoms with E-state index in [1.54, 1.807) is 0 Å². The molecule has 0 saturated heterocycles. The molecule has 9 aromatic rings. The van der Waals surface area contributed by atoms with E-state index in [1.807, 2.05) is 24.5 Å². The number of pyridine rings is 2. The molecule has 0 bridgehead atoms. The fraction of sp³-hybridized carbons (Fsp3) is 0.226. The number of para-hydroxylation sites is 1.